The van der Waals surface area contributed by atoms with Crippen LogP contribution in [0, 0.1) is 10.1 Å². The van der Waals surface area contributed by atoms with Gasteiger partial charge in [-0.25, -0.2) is 13.1 Å². The highest BCUT2D eigenvalue weighted by atomic mass is 32.2. The summed E-state index contributed by atoms with van der Waals surface area (Å²) in [6.07, 6.45) is 0.703. The van der Waals surface area contributed by atoms with Gasteiger partial charge in [0, 0.05) is 6.07 Å². The number of ether oxygens (including phenoxy) is 1. The molecule has 0 aliphatic heterocycles. The van der Waals surface area contributed by atoms with E-state index in [0.29, 0.717) is 18.7 Å². The van der Waals surface area contributed by atoms with E-state index in [0.717, 1.165) is 16.5 Å². The Balaban J connectivity index is 2.33. The van der Waals surface area contributed by atoms with Crippen LogP contribution in [0.15, 0.2) is 47.4 Å². The number of sulfonamides is 1. The first kappa shape index (κ1) is 20.8. The number of para-hydroxylation sites is 1. The summed E-state index contributed by atoms with van der Waals surface area (Å²) in [5.74, 6) is 0.503. The molecular weight excluding hydrogens is 370 g/mol. The van der Waals surface area contributed by atoms with Crippen molar-refractivity contribution in [2.75, 3.05) is 27.2 Å². The molecule has 2 N–H and O–H groups in total. The maximum atomic E-state index is 12.4. The molecule has 0 radical (unpaired) electrons. The summed E-state index contributed by atoms with van der Waals surface area (Å²) in [4.78, 5) is 11.7. The Kier molecular flexibility index (Phi) is 6.89. The molecule has 2 aromatic rings. The normalized spacial score (nSPS) is 11.6. The zero-order valence-corrected chi connectivity index (χ0v) is 16.4. The number of likely N-dealkylation sites (N-methyl/N-ethyl adjacent to an activating group) is 1. The van der Waals surface area contributed by atoms with Gasteiger partial charge in [-0.3, -0.25) is 10.1 Å². The number of hydrogen-bond donors (Lipinski definition) is 2. The predicted molar refractivity (Wildman–Crippen MR) is 102 cm³/mol. The Labute approximate surface area is 159 Å². The van der Waals surface area contributed by atoms with E-state index < -0.39 is 20.6 Å². The summed E-state index contributed by atoms with van der Waals surface area (Å²) >= 11 is 0. The molecule has 0 saturated heterocycles. The fraction of sp³-hybridized carbons (Fsp3) is 0.333. The van der Waals surface area contributed by atoms with E-state index in [1.807, 2.05) is 33.2 Å². The van der Waals surface area contributed by atoms with E-state index in [-0.39, 0.29) is 17.2 Å². The maximum Gasteiger partial charge on any atom is 0.312 e. The molecule has 0 bridgehead atoms. The van der Waals surface area contributed by atoms with Gasteiger partial charge in [0.25, 0.3) is 0 Å². The summed E-state index contributed by atoms with van der Waals surface area (Å²) in [7, 11) is -0.0333. The zero-order chi connectivity index (χ0) is 20.0. The van der Waals surface area contributed by atoms with Crippen LogP contribution in [0.2, 0.25) is 0 Å². The highest BCUT2D eigenvalue weighted by Crippen LogP contribution is 2.34. The van der Waals surface area contributed by atoms with Crippen molar-refractivity contribution in [2.45, 2.75) is 18.2 Å². The lowest BCUT2D eigenvalue weighted by molar-refractivity contribution is -0.856. The van der Waals surface area contributed by atoms with Gasteiger partial charge in [0.1, 0.15) is 5.75 Å². The lowest BCUT2D eigenvalue weighted by Gasteiger charge is -2.12. The third-order valence-corrected chi connectivity index (χ3v) is 5.39. The van der Waals surface area contributed by atoms with E-state index in [1.165, 1.54) is 12.1 Å². The number of hydrogen-bond acceptors (Lipinski definition) is 5. The van der Waals surface area contributed by atoms with Crippen molar-refractivity contribution < 1.29 is 23.0 Å². The van der Waals surface area contributed by atoms with Gasteiger partial charge in [-0.15, -0.1) is 0 Å². The van der Waals surface area contributed by atoms with E-state index in [4.69, 9.17) is 4.74 Å². The molecule has 8 nitrogen and oxygen atoms in total. The molecule has 27 heavy (non-hydrogen) atoms. The van der Waals surface area contributed by atoms with Crippen molar-refractivity contribution >= 4 is 15.7 Å². The van der Waals surface area contributed by atoms with Gasteiger partial charge in [-0.2, -0.15) is 0 Å². The molecule has 0 aliphatic carbocycles. The van der Waals surface area contributed by atoms with Crippen molar-refractivity contribution in [3.05, 3.63) is 58.1 Å². The first-order chi connectivity index (χ1) is 12.7. The van der Waals surface area contributed by atoms with E-state index in [9.17, 15) is 18.5 Å². The monoisotopic (exact) mass is 394 g/mol. The molecule has 0 heterocycles. The van der Waals surface area contributed by atoms with Crippen LogP contribution >= 0.6 is 0 Å². The Morgan fingerprint density at radius 3 is 2.48 bits per heavy atom. The third kappa shape index (κ3) is 5.49. The third-order valence-electron chi connectivity index (χ3n) is 3.93. The molecule has 146 valence electrons. The second-order valence-corrected chi connectivity index (χ2v) is 8.07. The molecule has 0 aromatic heterocycles. The van der Waals surface area contributed by atoms with E-state index in [2.05, 4.69) is 4.72 Å². The largest absolute Gasteiger partial charge is 0.450 e. The molecule has 2 aromatic carbocycles. The lowest BCUT2D eigenvalue weighted by Crippen LogP contribution is -3.06. The Hall–Kier alpha value is -2.49. The quantitative estimate of drug-likeness (QED) is 0.494. The van der Waals surface area contributed by atoms with Crippen molar-refractivity contribution in [3.63, 3.8) is 0 Å². The minimum atomic E-state index is -3.84. The average Bonchev–Trinajstić information content (AvgIpc) is 2.61. The minimum Gasteiger partial charge on any atom is -0.450 e. The Bertz CT molecular complexity index is 913. The number of nitrogens with one attached hydrogen (secondary N) is 2. The SMILES string of the molecule is CCc1ccccc1Oc1ccc(S(=O)(=O)NCC[NH+](C)C)cc1[N+](=O)[O-]. The molecular formula is C18H24N3O5S+. The summed E-state index contributed by atoms with van der Waals surface area (Å²) in [5, 5.41) is 11.5. The molecule has 0 aliphatic rings. The van der Waals surface area contributed by atoms with Gasteiger partial charge in [0.2, 0.25) is 15.8 Å². The van der Waals surface area contributed by atoms with Crippen LogP contribution in [0.25, 0.3) is 0 Å². The first-order valence-corrected chi connectivity index (χ1v) is 10.1. The van der Waals surface area contributed by atoms with Crippen LogP contribution in [-0.4, -0.2) is 40.5 Å². The Morgan fingerprint density at radius 1 is 1.15 bits per heavy atom. The van der Waals surface area contributed by atoms with Gasteiger partial charge in [-0.1, -0.05) is 25.1 Å². The van der Waals surface area contributed by atoms with Crippen LogP contribution in [0.1, 0.15) is 12.5 Å². The smallest absolute Gasteiger partial charge is 0.312 e. The van der Waals surface area contributed by atoms with Crippen LogP contribution in [-0.2, 0) is 16.4 Å². The number of quaternary nitrogens is 1. The van der Waals surface area contributed by atoms with Gasteiger partial charge < -0.3 is 9.64 Å². The fourth-order valence-corrected chi connectivity index (χ4v) is 3.48. The van der Waals surface area contributed by atoms with Crippen molar-refractivity contribution in [1.82, 2.24) is 4.72 Å². The summed E-state index contributed by atoms with van der Waals surface area (Å²) < 4.78 is 32.9. The molecule has 0 spiro atoms. The summed E-state index contributed by atoms with van der Waals surface area (Å²) in [5.41, 5.74) is 0.498. The maximum absolute atomic E-state index is 12.4. The number of nitro benzene ring substituents is 1. The highest BCUT2D eigenvalue weighted by molar-refractivity contribution is 7.89. The second kappa shape index (κ2) is 8.94. The van der Waals surface area contributed by atoms with Gasteiger partial charge >= 0.3 is 5.69 Å². The van der Waals surface area contributed by atoms with E-state index in [1.54, 1.807) is 12.1 Å². The molecule has 2 rings (SSSR count). The number of nitro groups is 1. The number of rotatable bonds is 9. The molecule has 9 heteroatoms. The molecule has 0 saturated carbocycles. The fourth-order valence-electron chi connectivity index (χ4n) is 2.43. The highest BCUT2D eigenvalue weighted by Gasteiger charge is 2.23. The van der Waals surface area contributed by atoms with Crippen molar-refractivity contribution in [2.24, 2.45) is 0 Å². The van der Waals surface area contributed by atoms with E-state index >= 15 is 0 Å². The summed E-state index contributed by atoms with van der Waals surface area (Å²) in [6.45, 7) is 2.78. The standard InChI is InChI=1S/C18H23N3O5S/c1-4-14-7-5-6-8-17(14)26-18-10-9-15(13-16(18)21(22)23)27(24,25)19-11-12-20(2)3/h5-10,13,19H,4,11-12H2,1-3H3/p+1. The predicted octanol–water partition coefficient (Wildman–Crippen LogP) is 1.37. The number of nitrogens with zero attached hydrogens (tertiary/aromatic N) is 1. The minimum absolute atomic E-state index is 0.00224. The van der Waals surface area contributed by atoms with Crippen LogP contribution in [0.5, 0.6) is 11.5 Å². The van der Waals surface area contributed by atoms with Crippen molar-refractivity contribution in [3.8, 4) is 11.5 Å². The van der Waals surface area contributed by atoms with Crippen molar-refractivity contribution in [1.29, 1.82) is 0 Å². The van der Waals surface area contributed by atoms with Crippen LogP contribution in [0.3, 0.4) is 0 Å². The average molecular weight is 394 g/mol. The topological polar surface area (TPSA) is 103 Å². The van der Waals surface area contributed by atoms with Gasteiger partial charge in [0.15, 0.2) is 0 Å². The summed E-state index contributed by atoms with van der Waals surface area (Å²) in [6, 6.07) is 10.9. The molecule has 0 unspecified atom stereocenters. The van der Waals surface area contributed by atoms with Gasteiger partial charge in [0.05, 0.1) is 37.0 Å². The lowest BCUT2D eigenvalue weighted by atomic mass is 10.1. The van der Waals surface area contributed by atoms with Crippen LogP contribution in [0.4, 0.5) is 5.69 Å². The van der Waals surface area contributed by atoms with Crippen LogP contribution < -0.4 is 14.4 Å². The van der Waals surface area contributed by atoms with Gasteiger partial charge in [-0.05, 0) is 30.2 Å². The number of aryl methyl sites for hydroxylation is 1. The second-order valence-electron chi connectivity index (χ2n) is 6.30. The zero-order valence-electron chi connectivity index (χ0n) is 15.6. The first-order valence-electron chi connectivity index (χ1n) is 8.57. The molecule has 0 atom stereocenters. The molecule has 0 amide bonds. The Morgan fingerprint density at radius 2 is 1.85 bits per heavy atom. The number of benzene rings is 2. The molecule has 0 fully saturated rings.